The van der Waals surface area contributed by atoms with Crippen molar-refractivity contribution in [2.75, 3.05) is 13.1 Å². The minimum Gasteiger partial charge on any atom is -0.318 e. The number of alkyl halides is 2. The van der Waals surface area contributed by atoms with Gasteiger partial charge in [-0.1, -0.05) is 0 Å². The van der Waals surface area contributed by atoms with Gasteiger partial charge in [-0.3, -0.25) is 0 Å². The van der Waals surface area contributed by atoms with Crippen molar-refractivity contribution in [2.24, 2.45) is 5.73 Å². The van der Waals surface area contributed by atoms with Crippen molar-refractivity contribution in [2.45, 2.75) is 31.2 Å². The minimum absolute atomic E-state index is 0.193. The van der Waals surface area contributed by atoms with Crippen molar-refractivity contribution < 1.29 is 13.6 Å². The molecule has 1 aromatic heterocycles. The molecule has 19 heavy (non-hydrogen) atoms. The number of nitrogens with two attached hydrogens (primary N) is 1. The van der Waals surface area contributed by atoms with Crippen LogP contribution < -0.4 is 11.1 Å². The van der Waals surface area contributed by atoms with Crippen LogP contribution in [-0.4, -0.2) is 35.3 Å². The van der Waals surface area contributed by atoms with Crippen molar-refractivity contribution in [3.05, 3.63) is 23.3 Å². The highest BCUT2D eigenvalue weighted by Gasteiger charge is 2.44. The molecular weight excluding hydrogens is 254 g/mol. The SMILES string of the molecule is Cc1ncc(C(N)C=O)c(C2CCNCC2(F)F)n1. The third kappa shape index (κ3) is 2.76. The summed E-state index contributed by atoms with van der Waals surface area (Å²) >= 11 is 0. The zero-order chi connectivity index (χ0) is 14.0. The average molecular weight is 270 g/mol. The zero-order valence-corrected chi connectivity index (χ0v) is 10.6. The lowest BCUT2D eigenvalue weighted by molar-refractivity contribution is -0.109. The summed E-state index contributed by atoms with van der Waals surface area (Å²) in [6, 6.07) is -0.971. The monoisotopic (exact) mass is 270 g/mol. The van der Waals surface area contributed by atoms with Gasteiger partial charge >= 0.3 is 0 Å². The smallest absolute Gasteiger partial charge is 0.268 e. The molecule has 2 heterocycles. The Morgan fingerprint density at radius 3 is 3.00 bits per heavy atom. The van der Waals surface area contributed by atoms with Gasteiger partial charge < -0.3 is 15.8 Å². The number of carbonyl (C=O) groups is 1. The Balaban J connectivity index is 2.47. The fraction of sp³-hybridized carbons (Fsp3) is 0.583. The molecule has 0 saturated carbocycles. The van der Waals surface area contributed by atoms with Gasteiger partial charge in [-0.05, 0) is 19.9 Å². The molecule has 1 aliphatic rings. The van der Waals surface area contributed by atoms with Crippen LogP contribution in [0.2, 0.25) is 0 Å². The number of carbonyl (C=O) groups excluding carboxylic acids is 1. The first-order valence-corrected chi connectivity index (χ1v) is 6.08. The van der Waals surface area contributed by atoms with Crippen molar-refractivity contribution >= 4 is 6.29 Å². The van der Waals surface area contributed by atoms with Gasteiger partial charge in [-0.25, -0.2) is 18.7 Å². The molecule has 7 heteroatoms. The first kappa shape index (κ1) is 14.0. The lowest BCUT2D eigenvalue weighted by atomic mass is 9.87. The standard InChI is InChI=1S/C12H16F2N4O/c1-7-17-4-8(10(15)5-19)11(18-7)9-2-3-16-6-12(9,13)14/h4-5,9-10,16H,2-3,6,15H2,1H3. The molecule has 0 amide bonds. The van der Waals surface area contributed by atoms with Crippen LogP contribution in [0.3, 0.4) is 0 Å². The molecule has 1 aromatic rings. The van der Waals surface area contributed by atoms with Crippen LogP contribution >= 0.6 is 0 Å². The number of hydrogen-bond donors (Lipinski definition) is 2. The molecule has 104 valence electrons. The van der Waals surface area contributed by atoms with Crippen LogP contribution in [0.5, 0.6) is 0 Å². The molecule has 1 fully saturated rings. The Bertz CT molecular complexity index is 481. The van der Waals surface area contributed by atoms with Gasteiger partial charge in [0.25, 0.3) is 5.92 Å². The predicted octanol–water partition coefficient (Wildman–Crippen LogP) is 0.696. The second-order valence-electron chi connectivity index (χ2n) is 4.70. The Morgan fingerprint density at radius 2 is 2.37 bits per heavy atom. The van der Waals surface area contributed by atoms with Crippen molar-refractivity contribution in [1.29, 1.82) is 0 Å². The lowest BCUT2D eigenvalue weighted by Crippen LogP contribution is -2.45. The van der Waals surface area contributed by atoms with Crippen molar-refractivity contribution in [1.82, 2.24) is 15.3 Å². The van der Waals surface area contributed by atoms with Crippen LogP contribution in [-0.2, 0) is 4.79 Å². The van der Waals surface area contributed by atoms with E-state index >= 15 is 0 Å². The molecule has 1 aliphatic heterocycles. The molecule has 2 rings (SSSR count). The molecule has 5 nitrogen and oxygen atoms in total. The summed E-state index contributed by atoms with van der Waals surface area (Å²) in [4.78, 5) is 18.9. The van der Waals surface area contributed by atoms with Gasteiger partial charge in [0.15, 0.2) is 0 Å². The van der Waals surface area contributed by atoms with Crippen molar-refractivity contribution in [3.63, 3.8) is 0 Å². The van der Waals surface area contributed by atoms with Gasteiger partial charge in [0.05, 0.1) is 24.2 Å². The Hall–Kier alpha value is -1.47. The molecule has 2 atom stereocenters. The van der Waals surface area contributed by atoms with E-state index in [1.54, 1.807) is 6.92 Å². The third-order valence-electron chi connectivity index (χ3n) is 3.28. The maximum Gasteiger partial charge on any atom is 0.268 e. The van der Waals surface area contributed by atoms with Gasteiger partial charge in [0.1, 0.15) is 12.1 Å². The Morgan fingerprint density at radius 1 is 1.63 bits per heavy atom. The summed E-state index contributed by atoms with van der Waals surface area (Å²) in [6.45, 7) is 1.72. The normalized spacial score (nSPS) is 23.9. The molecule has 3 N–H and O–H groups in total. The Kier molecular flexibility index (Phi) is 3.86. The number of aryl methyl sites for hydroxylation is 1. The summed E-state index contributed by atoms with van der Waals surface area (Å²) in [5, 5.41) is 2.66. The van der Waals surface area contributed by atoms with E-state index in [0.29, 0.717) is 18.7 Å². The van der Waals surface area contributed by atoms with Gasteiger partial charge in [0.2, 0.25) is 0 Å². The summed E-state index contributed by atoms with van der Waals surface area (Å²) < 4.78 is 28.0. The van der Waals surface area contributed by atoms with Gasteiger partial charge in [-0.15, -0.1) is 0 Å². The molecule has 0 radical (unpaired) electrons. The summed E-state index contributed by atoms with van der Waals surface area (Å²) in [5.74, 6) is -3.54. The van der Waals surface area contributed by atoms with Gasteiger partial charge in [0, 0.05) is 11.8 Å². The largest absolute Gasteiger partial charge is 0.318 e. The summed E-state index contributed by atoms with van der Waals surface area (Å²) in [6.07, 6.45) is 2.13. The number of nitrogens with zero attached hydrogens (tertiary/aromatic N) is 2. The van der Waals surface area contributed by atoms with E-state index in [1.165, 1.54) is 6.20 Å². The van der Waals surface area contributed by atoms with E-state index in [9.17, 15) is 13.6 Å². The van der Waals surface area contributed by atoms with Crippen LogP contribution in [0.1, 0.15) is 35.5 Å². The predicted molar refractivity (Wildman–Crippen MR) is 64.9 cm³/mol. The third-order valence-corrected chi connectivity index (χ3v) is 3.28. The molecule has 2 unspecified atom stereocenters. The first-order valence-electron chi connectivity index (χ1n) is 6.08. The number of rotatable bonds is 3. The highest BCUT2D eigenvalue weighted by molar-refractivity contribution is 5.61. The Labute approximate surface area is 109 Å². The molecule has 1 saturated heterocycles. The summed E-state index contributed by atoms with van der Waals surface area (Å²) in [5.41, 5.74) is 6.11. The number of aldehydes is 1. The van der Waals surface area contributed by atoms with Crippen LogP contribution in [0, 0.1) is 6.92 Å². The average Bonchev–Trinajstić information content (AvgIpc) is 2.37. The molecular formula is C12H16F2N4O. The minimum atomic E-state index is -2.91. The van der Waals surface area contributed by atoms with Crippen molar-refractivity contribution in [3.8, 4) is 0 Å². The van der Waals surface area contributed by atoms with Crippen LogP contribution in [0.4, 0.5) is 8.78 Å². The van der Waals surface area contributed by atoms with E-state index in [4.69, 9.17) is 5.73 Å². The van der Waals surface area contributed by atoms with E-state index < -0.39 is 24.4 Å². The molecule has 0 aromatic carbocycles. The second kappa shape index (κ2) is 5.26. The topological polar surface area (TPSA) is 80.9 Å². The number of hydrogen-bond acceptors (Lipinski definition) is 5. The first-order chi connectivity index (χ1) is 8.95. The van der Waals surface area contributed by atoms with Crippen LogP contribution in [0.25, 0.3) is 0 Å². The van der Waals surface area contributed by atoms with E-state index in [0.717, 1.165) is 0 Å². The van der Waals surface area contributed by atoms with Crippen LogP contribution in [0.15, 0.2) is 6.20 Å². The van der Waals surface area contributed by atoms with E-state index in [-0.39, 0.29) is 17.7 Å². The molecule has 0 bridgehead atoms. The highest BCUT2D eigenvalue weighted by atomic mass is 19.3. The van der Waals surface area contributed by atoms with E-state index in [1.807, 2.05) is 0 Å². The van der Waals surface area contributed by atoms with Gasteiger partial charge in [-0.2, -0.15) is 0 Å². The maximum absolute atomic E-state index is 14.0. The molecule has 0 spiro atoms. The summed E-state index contributed by atoms with van der Waals surface area (Å²) in [7, 11) is 0. The number of aromatic nitrogens is 2. The highest BCUT2D eigenvalue weighted by Crippen LogP contribution is 2.39. The van der Waals surface area contributed by atoms with E-state index in [2.05, 4.69) is 15.3 Å². The lowest BCUT2D eigenvalue weighted by Gasteiger charge is -2.32. The number of halogens is 2. The second-order valence-corrected chi connectivity index (χ2v) is 4.70. The number of nitrogens with one attached hydrogen (secondary N) is 1. The molecule has 0 aliphatic carbocycles. The quantitative estimate of drug-likeness (QED) is 0.790. The fourth-order valence-corrected chi connectivity index (χ4v) is 2.28. The number of piperidine rings is 1. The fourth-order valence-electron chi connectivity index (χ4n) is 2.28. The maximum atomic E-state index is 14.0. The zero-order valence-electron chi connectivity index (χ0n) is 10.6.